The van der Waals surface area contributed by atoms with Crippen molar-refractivity contribution in [3.63, 3.8) is 0 Å². The number of sulfonamides is 1. The molecule has 7 heteroatoms. The van der Waals surface area contributed by atoms with Crippen molar-refractivity contribution < 1.29 is 8.42 Å². The monoisotopic (exact) mass is 272 g/mol. The van der Waals surface area contributed by atoms with E-state index >= 15 is 0 Å². The standard InChI is InChI=1S/C11H20N4O2S/c1-9-14-11(8-15(9)2)18(16,17)13-7-10-5-3-4-6-12-10/h8,10,12-13H,3-7H2,1-2H3/t10-/m0/s1. The summed E-state index contributed by atoms with van der Waals surface area (Å²) in [5.41, 5.74) is 0. The number of piperidine rings is 1. The fraction of sp³-hybridized carbons (Fsp3) is 0.727. The lowest BCUT2D eigenvalue weighted by Crippen LogP contribution is -2.43. The average Bonchev–Trinajstić information content (AvgIpc) is 2.70. The van der Waals surface area contributed by atoms with Gasteiger partial charge in [-0.15, -0.1) is 0 Å². The molecule has 0 aromatic carbocycles. The molecule has 1 atom stereocenters. The minimum absolute atomic E-state index is 0.0957. The van der Waals surface area contributed by atoms with Gasteiger partial charge in [0.25, 0.3) is 10.0 Å². The van der Waals surface area contributed by atoms with E-state index in [0.29, 0.717) is 12.4 Å². The molecule has 2 heterocycles. The summed E-state index contributed by atoms with van der Waals surface area (Å²) in [6.45, 7) is 3.18. The first kappa shape index (κ1) is 13.5. The Balaban J connectivity index is 1.98. The second kappa shape index (κ2) is 5.38. The molecule has 102 valence electrons. The number of hydrogen-bond donors (Lipinski definition) is 2. The van der Waals surface area contributed by atoms with Crippen molar-refractivity contribution in [1.29, 1.82) is 0 Å². The second-order valence-corrected chi connectivity index (χ2v) is 6.45. The van der Waals surface area contributed by atoms with E-state index in [0.717, 1.165) is 19.4 Å². The van der Waals surface area contributed by atoms with Crippen LogP contribution in [0.4, 0.5) is 0 Å². The van der Waals surface area contributed by atoms with Gasteiger partial charge in [-0.3, -0.25) is 0 Å². The molecule has 2 N–H and O–H groups in total. The van der Waals surface area contributed by atoms with Crippen LogP contribution in [-0.4, -0.2) is 37.1 Å². The van der Waals surface area contributed by atoms with E-state index in [1.165, 1.54) is 12.6 Å². The molecule has 0 bridgehead atoms. The predicted octanol–water partition coefficient (Wildman–Crippen LogP) is 0.149. The van der Waals surface area contributed by atoms with Crippen LogP contribution in [0.5, 0.6) is 0 Å². The van der Waals surface area contributed by atoms with Crippen LogP contribution in [0.15, 0.2) is 11.2 Å². The lowest BCUT2D eigenvalue weighted by atomic mass is 10.1. The Hall–Kier alpha value is -0.920. The molecule has 0 amide bonds. The summed E-state index contributed by atoms with van der Waals surface area (Å²) in [6.07, 6.45) is 4.88. The van der Waals surface area contributed by atoms with Gasteiger partial charge in [-0.05, 0) is 26.3 Å². The summed E-state index contributed by atoms with van der Waals surface area (Å²) < 4.78 is 28.4. The van der Waals surface area contributed by atoms with Crippen LogP contribution in [-0.2, 0) is 17.1 Å². The quantitative estimate of drug-likeness (QED) is 0.818. The largest absolute Gasteiger partial charge is 0.337 e. The zero-order valence-electron chi connectivity index (χ0n) is 10.8. The number of nitrogens with zero attached hydrogens (tertiary/aromatic N) is 2. The van der Waals surface area contributed by atoms with Gasteiger partial charge in [-0.25, -0.2) is 18.1 Å². The minimum Gasteiger partial charge on any atom is -0.337 e. The Labute approximate surface area is 108 Å². The highest BCUT2D eigenvalue weighted by atomic mass is 32.2. The topological polar surface area (TPSA) is 76.0 Å². The molecule has 0 radical (unpaired) electrons. The van der Waals surface area contributed by atoms with Crippen LogP contribution >= 0.6 is 0 Å². The first-order chi connectivity index (χ1) is 8.49. The maximum atomic E-state index is 12.0. The fourth-order valence-electron chi connectivity index (χ4n) is 2.04. The molecule has 1 aromatic rings. The van der Waals surface area contributed by atoms with Crippen molar-refractivity contribution in [1.82, 2.24) is 19.6 Å². The normalized spacial score (nSPS) is 21.1. The SMILES string of the molecule is Cc1nc(S(=O)(=O)NC[C@@H]2CCCCN2)cn1C. The predicted molar refractivity (Wildman–Crippen MR) is 68.8 cm³/mol. The number of aromatic nitrogens is 2. The van der Waals surface area contributed by atoms with E-state index < -0.39 is 10.0 Å². The molecule has 1 aliphatic heterocycles. The highest BCUT2D eigenvalue weighted by molar-refractivity contribution is 7.89. The van der Waals surface area contributed by atoms with Crippen molar-refractivity contribution >= 4 is 10.0 Å². The van der Waals surface area contributed by atoms with E-state index in [1.807, 2.05) is 0 Å². The van der Waals surface area contributed by atoms with E-state index in [4.69, 9.17) is 0 Å². The molecule has 1 aromatic heterocycles. The molecule has 0 spiro atoms. The number of nitrogens with one attached hydrogen (secondary N) is 2. The lowest BCUT2D eigenvalue weighted by Gasteiger charge is -2.23. The molecule has 2 rings (SSSR count). The molecule has 1 saturated heterocycles. The molecule has 1 aliphatic rings. The van der Waals surface area contributed by atoms with Crippen LogP contribution in [0.25, 0.3) is 0 Å². The molecule has 0 aliphatic carbocycles. The van der Waals surface area contributed by atoms with Crippen molar-refractivity contribution in [2.45, 2.75) is 37.3 Å². The van der Waals surface area contributed by atoms with Crippen molar-refractivity contribution in [3.05, 3.63) is 12.0 Å². The first-order valence-electron chi connectivity index (χ1n) is 6.22. The number of hydrogen-bond acceptors (Lipinski definition) is 4. The Morgan fingerprint density at radius 3 is 2.89 bits per heavy atom. The maximum Gasteiger partial charge on any atom is 0.259 e. The van der Waals surface area contributed by atoms with E-state index in [-0.39, 0.29) is 11.1 Å². The van der Waals surface area contributed by atoms with E-state index in [9.17, 15) is 8.42 Å². The molecular weight excluding hydrogens is 252 g/mol. The van der Waals surface area contributed by atoms with E-state index in [2.05, 4.69) is 15.0 Å². The van der Waals surface area contributed by atoms with Gasteiger partial charge in [0.2, 0.25) is 0 Å². The van der Waals surface area contributed by atoms with Crippen LogP contribution in [0.1, 0.15) is 25.1 Å². The summed E-state index contributed by atoms with van der Waals surface area (Å²) in [5.74, 6) is 0.686. The zero-order chi connectivity index (χ0) is 13.2. The van der Waals surface area contributed by atoms with Gasteiger partial charge in [0.15, 0.2) is 5.03 Å². The molecule has 1 fully saturated rings. The van der Waals surface area contributed by atoms with Crippen LogP contribution in [0, 0.1) is 6.92 Å². The van der Waals surface area contributed by atoms with Gasteiger partial charge in [-0.2, -0.15) is 0 Å². The third-order valence-corrected chi connectivity index (χ3v) is 4.59. The lowest BCUT2D eigenvalue weighted by molar-refractivity contribution is 0.398. The van der Waals surface area contributed by atoms with Gasteiger partial charge < -0.3 is 9.88 Å². The highest BCUT2D eigenvalue weighted by Gasteiger charge is 2.20. The summed E-state index contributed by atoms with van der Waals surface area (Å²) in [7, 11) is -1.70. The van der Waals surface area contributed by atoms with Gasteiger partial charge in [0, 0.05) is 25.8 Å². The fourth-order valence-corrected chi connectivity index (χ4v) is 3.16. The minimum atomic E-state index is -3.48. The van der Waals surface area contributed by atoms with Gasteiger partial charge in [-0.1, -0.05) is 6.42 Å². The summed E-state index contributed by atoms with van der Waals surface area (Å²) in [6, 6.07) is 0.235. The van der Waals surface area contributed by atoms with Gasteiger partial charge in [0.1, 0.15) is 5.82 Å². The Morgan fingerprint density at radius 1 is 1.56 bits per heavy atom. The molecule has 18 heavy (non-hydrogen) atoms. The maximum absolute atomic E-state index is 12.0. The van der Waals surface area contributed by atoms with Crippen molar-refractivity contribution in [2.75, 3.05) is 13.1 Å². The molecular formula is C11H20N4O2S. The first-order valence-corrected chi connectivity index (χ1v) is 7.70. The molecule has 6 nitrogen and oxygen atoms in total. The third-order valence-electron chi connectivity index (χ3n) is 3.29. The number of aryl methyl sites for hydroxylation is 2. The molecule has 0 saturated carbocycles. The summed E-state index contributed by atoms with van der Waals surface area (Å²) in [4.78, 5) is 4.04. The van der Waals surface area contributed by atoms with Gasteiger partial charge >= 0.3 is 0 Å². The second-order valence-electron chi connectivity index (χ2n) is 4.74. The zero-order valence-corrected chi connectivity index (χ0v) is 11.6. The Morgan fingerprint density at radius 2 is 2.33 bits per heavy atom. The third kappa shape index (κ3) is 3.09. The Kier molecular flexibility index (Phi) is 4.04. The van der Waals surface area contributed by atoms with Crippen LogP contribution < -0.4 is 10.0 Å². The van der Waals surface area contributed by atoms with Crippen LogP contribution in [0.2, 0.25) is 0 Å². The summed E-state index contributed by atoms with van der Waals surface area (Å²) >= 11 is 0. The number of rotatable bonds is 4. The van der Waals surface area contributed by atoms with Gasteiger partial charge in [0.05, 0.1) is 0 Å². The van der Waals surface area contributed by atoms with Crippen LogP contribution in [0.3, 0.4) is 0 Å². The average molecular weight is 272 g/mol. The molecule has 0 unspecified atom stereocenters. The highest BCUT2D eigenvalue weighted by Crippen LogP contribution is 2.09. The summed E-state index contributed by atoms with van der Waals surface area (Å²) in [5, 5.41) is 3.40. The number of imidazole rings is 1. The van der Waals surface area contributed by atoms with Crippen molar-refractivity contribution in [2.24, 2.45) is 7.05 Å². The van der Waals surface area contributed by atoms with E-state index in [1.54, 1.807) is 18.5 Å². The smallest absolute Gasteiger partial charge is 0.259 e. The van der Waals surface area contributed by atoms with Crippen molar-refractivity contribution in [3.8, 4) is 0 Å². The Bertz CT molecular complexity index is 484.